The lowest BCUT2D eigenvalue weighted by molar-refractivity contribution is -0.116. The lowest BCUT2D eigenvalue weighted by Gasteiger charge is -2.24. The van der Waals surface area contributed by atoms with Crippen LogP contribution in [0.4, 0.5) is 5.69 Å². The second kappa shape index (κ2) is 10.2. The SMILES string of the molecule is O=C1CC(c2ccccc2)CC(O)=C1C(CCc1noc2c1C(=O)CCC2)=Nc1ccc2ccccc2c1. The van der Waals surface area contributed by atoms with E-state index >= 15 is 0 Å². The average molecular weight is 505 g/mol. The number of allylic oxidation sites excluding steroid dienone is 2. The van der Waals surface area contributed by atoms with Gasteiger partial charge in [-0.2, -0.15) is 0 Å². The number of aliphatic imine (C=N–C) groups is 1. The van der Waals surface area contributed by atoms with E-state index in [4.69, 9.17) is 9.52 Å². The van der Waals surface area contributed by atoms with Crippen LogP contribution >= 0.6 is 0 Å². The van der Waals surface area contributed by atoms with Crippen molar-refractivity contribution < 1.29 is 19.2 Å². The number of carbonyl (C=O) groups is 2. The number of carbonyl (C=O) groups excluding carboxylic acids is 2. The first-order valence-electron chi connectivity index (χ1n) is 13.1. The molecule has 6 heteroatoms. The third-order valence-corrected chi connectivity index (χ3v) is 7.51. The molecule has 6 nitrogen and oxygen atoms in total. The standard InChI is InChI=1S/C32H28N2O4/c35-27-11-6-12-30-32(27)26(34-38-30)16-15-25(33-24-14-13-21-9-4-5-10-22(21)17-24)31-28(36)18-23(19-29(31)37)20-7-2-1-3-8-20/h1-5,7-10,13-14,17,23,36H,6,11-12,15-16,18-19H2. The molecule has 0 fully saturated rings. The molecule has 0 amide bonds. The number of benzene rings is 3. The topological polar surface area (TPSA) is 92.8 Å². The zero-order chi connectivity index (χ0) is 26.1. The first-order valence-corrected chi connectivity index (χ1v) is 13.1. The molecule has 1 heterocycles. The largest absolute Gasteiger partial charge is 0.511 e. The third-order valence-electron chi connectivity index (χ3n) is 7.51. The average Bonchev–Trinajstić information content (AvgIpc) is 3.36. The molecular weight excluding hydrogens is 476 g/mol. The fourth-order valence-corrected chi connectivity index (χ4v) is 5.61. The zero-order valence-electron chi connectivity index (χ0n) is 21.0. The maximum Gasteiger partial charge on any atom is 0.168 e. The number of nitrogens with zero attached hydrogens (tertiary/aromatic N) is 2. The van der Waals surface area contributed by atoms with Crippen LogP contribution in [-0.2, 0) is 17.6 Å². The van der Waals surface area contributed by atoms with Crippen LogP contribution < -0.4 is 0 Å². The van der Waals surface area contributed by atoms with Gasteiger partial charge in [0.1, 0.15) is 11.5 Å². The molecule has 0 bridgehead atoms. The molecule has 2 aliphatic carbocycles. The molecule has 0 aliphatic heterocycles. The van der Waals surface area contributed by atoms with E-state index < -0.39 is 0 Å². The minimum atomic E-state index is -0.125. The number of aliphatic hydroxyl groups excluding tert-OH is 1. The molecule has 4 aromatic rings. The van der Waals surface area contributed by atoms with Crippen molar-refractivity contribution in [2.45, 2.75) is 50.9 Å². The Morgan fingerprint density at radius 1 is 0.921 bits per heavy atom. The highest BCUT2D eigenvalue weighted by atomic mass is 16.5. The monoisotopic (exact) mass is 504 g/mol. The van der Waals surface area contributed by atoms with E-state index in [0.717, 1.165) is 22.8 Å². The maximum absolute atomic E-state index is 13.5. The van der Waals surface area contributed by atoms with Crippen molar-refractivity contribution in [2.75, 3.05) is 0 Å². The predicted octanol–water partition coefficient (Wildman–Crippen LogP) is 7.01. The smallest absolute Gasteiger partial charge is 0.168 e. The summed E-state index contributed by atoms with van der Waals surface area (Å²) in [7, 11) is 0. The summed E-state index contributed by atoms with van der Waals surface area (Å²) in [5, 5.41) is 17.5. The maximum atomic E-state index is 13.5. The molecule has 1 atom stereocenters. The molecule has 0 spiro atoms. The summed E-state index contributed by atoms with van der Waals surface area (Å²) in [5.41, 5.74) is 3.71. The first kappa shape index (κ1) is 24.0. The number of rotatable bonds is 6. The van der Waals surface area contributed by atoms with Crippen molar-refractivity contribution in [2.24, 2.45) is 4.99 Å². The molecule has 0 radical (unpaired) electrons. The lowest BCUT2D eigenvalue weighted by atomic mass is 9.80. The van der Waals surface area contributed by atoms with Crippen molar-refractivity contribution in [3.8, 4) is 0 Å². The van der Waals surface area contributed by atoms with Gasteiger partial charge in [-0.05, 0) is 53.6 Å². The summed E-state index contributed by atoms with van der Waals surface area (Å²) in [5.74, 6) is 0.561. The van der Waals surface area contributed by atoms with Gasteiger partial charge in [0.05, 0.1) is 28.2 Å². The lowest BCUT2D eigenvalue weighted by Crippen LogP contribution is -2.24. The van der Waals surface area contributed by atoms with Gasteiger partial charge in [0, 0.05) is 25.7 Å². The Bertz CT molecular complexity index is 1600. The quantitative estimate of drug-likeness (QED) is 0.285. The van der Waals surface area contributed by atoms with E-state index in [1.165, 1.54) is 0 Å². The van der Waals surface area contributed by atoms with Gasteiger partial charge in [-0.3, -0.25) is 14.6 Å². The van der Waals surface area contributed by atoms with Gasteiger partial charge < -0.3 is 9.63 Å². The summed E-state index contributed by atoms with van der Waals surface area (Å²) in [6.07, 6.45) is 3.38. The van der Waals surface area contributed by atoms with Crippen LogP contribution in [0, 0.1) is 0 Å². The predicted molar refractivity (Wildman–Crippen MR) is 146 cm³/mol. The Kier molecular flexibility index (Phi) is 6.46. The Morgan fingerprint density at radius 2 is 1.71 bits per heavy atom. The van der Waals surface area contributed by atoms with Crippen LogP contribution in [0.1, 0.15) is 65.4 Å². The molecule has 1 aromatic heterocycles. The van der Waals surface area contributed by atoms with Crippen LogP contribution in [0.5, 0.6) is 0 Å². The Morgan fingerprint density at radius 3 is 2.53 bits per heavy atom. The number of aliphatic hydroxyl groups is 1. The molecule has 190 valence electrons. The highest BCUT2D eigenvalue weighted by molar-refractivity contribution is 6.24. The first-order chi connectivity index (χ1) is 18.6. The minimum Gasteiger partial charge on any atom is -0.511 e. The number of Topliss-reactive ketones (excluding diaryl/α,β-unsaturated/α-hetero) is 2. The Labute approximate surface area is 220 Å². The van der Waals surface area contributed by atoms with Crippen LogP contribution in [0.3, 0.4) is 0 Å². The second-order valence-electron chi connectivity index (χ2n) is 10.1. The van der Waals surface area contributed by atoms with Crippen LogP contribution in [0.25, 0.3) is 10.8 Å². The van der Waals surface area contributed by atoms with Crippen molar-refractivity contribution in [3.63, 3.8) is 0 Å². The molecule has 6 rings (SSSR count). The van der Waals surface area contributed by atoms with E-state index in [0.29, 0.717) is 66.9 Å². The Hall–Kier alpha value is -4.32. The highest BCUT2D eigenvalue weighted by Gasteiger charge is 2.32. The molecule has 0 saturated carbocycles. The number of aryl methyl sites for hydroxylation is 2. The van der Waals surface area contributed by atoms with Gasteiger partial charge in [0.2, 0.25) is 0 Å². The Balaban J connectivity index is 1.37. The summed E-state index contributed by atoms with van der Waals surface area (Å²) < 4.78 is 5.47. The van der Waals surface area contributed by atoms with Crippen LogP contribution in [0.15, 0.2) is 93.6 Å². The van der Waals surface area contributed by atoms with E-state index in [9.17, 15) is 14.7 Å². The molecule has 1 N–H and O–H groups in total. The zero-order valence-corrected chi connectivity index (χ0v) is 21.0. The van der Waals surface area contributed by atoms with Crippen LogP contribution in [0.2, 0.25) is 0 Å². The fraction of sp³-hybridized carbons (Fsp3) is 0.250. The summed E-state index contributed by atoms with van der Waals surface area (Å²) in [4.78, 5) is 31.0. The number of ketones is 2. The van der Waals surface area contributed by atoms with Gasteiger partial charge in [-0.1, -0.05) is 65.8 Å². The highest BCUT2D eigenvalue weighted by Crippen LogP contribution is 2.35. The van der Waals surface area contributed by atoms with E-state index in [-0.39, 0.29) is 28.8 Å². The molecule has 0 saturated heterocycles. The van der Waals surface area contributed by atoms with Crippen molar-refractivity contribution >= 4 is 33.7 Å². The van der Waals surface area contributed by atoms with Crippen LogP contribution in [-0.4, -0.2) is 27.5 Å². The summed E-state index contributed by atoms with van der Waals surface area (Å²) >= 11 is 0. The van der Waals surface area contributed by atoms with Gasteiger partial charge in [-0.15, -0.1) is 0 Å². The van der Waals surface area contributed by atoms with Gasteiger partial charge in [0.25, 0.3) is 0 Å². The molecule has 38 heavy (non-hydrogen) atoms. The number of fused-ring (bicyclic) bond motifs is 2. The third kappa shape index (κ3) is 4.70. The summed E-state index contributed by atoms with van der Waals surface area (Å²) in [6.45, 7) is 0. The summed E-state index contributed by atoms with van der Waals surface area (Å²) in [6, 6.07) is 23.7. The van der Waals surface area contributed by atoms with Gasteiger partial charge in [0.15, 0.2) is 11.6 Å². The fourth-order valence-electron chi connectivity index (χ4n) is 5.61. The van der Waals surface area contributed by atoms with Crippen molar-refractivity contribution in [1.82, 2.24) is 5.16 Å². The van der Waals surface area contributed by atoms with E-state index in [1.807, 2.05) is 72.8 Å². The second-order valence-corrected chi connectivity index (χ2v) is 10.1. The number of hydrogen-bond donors (Lipinski definition) is 1. The van der Waals surface area contributed by atoms with Crippen molar-refractivity contribution in [1.29, 1.82) is 0 Å². The minimum absolute atomic E-state index is 0.0528. The normalized spacial score (nSPS) is 18.2. The number of aromatic nitrogens is 1. The van der Waals surface area contributed by atoms with Crippen molar-refractivity contribution in [3.05, 3.63) is 107 Å². The molecule has 1 unspecified atom stereocenters. The number of hydrogen-bond acceptors (Lipinski definition) is 6. The van der Waals surface area contributed by atoms with Gasteiger partial charge in [-0.25, -0.2) is 0 Å². The molecule has 2 aliphatic rings. The molecular formula is C32H28N2O4. The van der Waals surface area contributed by atoms with Gasteiger partial charge >= 0.3 is 0 Å². The van der Waals surface area contributed by atoms with E-state index in [1.54, 1.807) is 0 Å². The molecule has 3 aromatic carbocycles. The van der Waals surface area contributed by atoms with E-state index in [2.05, 4.69) is 5.16 Å².